The molecule has 1 aromatic heterocycles. The van der Waals surface area contributed by atoms with Gasteiger partial charge in [-0.1, -0.05) is 28.1 Å². The number of fused-ring (bicyclic) bond motifs is 1. The second-order valence-corrected chi connectivity index (χ2v) is 6.27. The fourth-order valence-electron chi connectivity index (χ4n) is 2.30. The van der Waals surface area contributed by atoms with E-state index >= 15 is 0 Å². The molecule has 0 unspecified atom stereocenters. The van der Waals surface area contributed by atoms with Crippen molar-refractivity contribution in [2.24, 2.45) is 0 Å². The lowest BCUT2D eigenvalue weighted by molar-refractivity contribution is -0.123. The van der Waals surface area contributed by atoms with E-state index in [0.717, 1.165) is 20.9 Å². The van der Waals surface area contributed by atoms with E-state index in [-0.39, 0.29) is 18.3 Å². The predicted molar refractivity (Wildman–Crippen MR) is 95.8 cm³/mol. The van der Waals surface area contributed by atoms with Crippen molar-refractivity contribution in [2.75, 3.05) is 13.2 Å². The average Bonchev–Trinajstić information content (AvgIpc) is 2.61. The van der Waals surface area contributed by atoms with Crippen molar-refractivity contribution < 1.29 is 13.9 Å². The largest absolute Gasteiger partial charge is 0.467 e. The maximum Gasteiger partial charge on any atom is 0.258 e. The summed E-state index contributed by atoms with van der Waals surface area (Å²) in [5.41, 5.74) is 1.69. The van der Waals surface area contributed by atoms with E-state index in [9.17, 15) is 9.18 Å². The van der Waals surface area contributed by atoms with Gasteiger partial charge in [0.25, 0.3) is 5.91 Å². The molecule has 0 aliphatic heterocycles. The van der Waals surface area contributed by atoms with Gasteiger partial charge >= 0.3 is 0 Å². The van der Waals surface area contributed by atoms with Crippen LogP contribution in [0.25, 0.3) is 10.9 Å². The first-order valence-corrected chi connectivity index (χ1v) is 8.45. The minimum absolute atomic E-state index is 0.137. The van der Waals surface area contributed by atoms with Gasteiger partial charge in [-0.25, -0.2) is 14.4 Å². The van der Waals surface area contributed by atoms with Gasteiger partial charge in [0, 0.05) is 11.0 Å². The van der Waals surface area contributed by atoms with Crippen LogP contribution in [0.5, 0.6) is 5.88 Å². The number of rotatable bonds is 6. The highest BCUT2D eigenvalue weighted by Gasteiger charge is 2.08. The highest BCUT2D eigenvalue weighted by molar-refractivity contribution is 9.10. The van der Waals surface area contributed by atoms with Crippen LogP contribution in [0.2, 0.25) is 0 Å². The molecule has 0 radical (unpaired) electrons. The highest BCUT2D eigenvalue weighted by atomic mass is 79.9. The molecule has 3 aromatic rings. The third-order valence-corrected chi connectivity index (χ3v) is 4.04. The van der Waals surface area contributed by atoms with Crippen molar-refractivity contribution in [3.63, 3.8) is 0 Å². The Kier molecular flexibility index (Phi) is 5.55. The quantitative estimate of drug-likeness (QED) is 0.685. The maximum atomic E-state index is 12.8. The second kappa shape index (κ2) is 8.02. The number of benzene rings is 2. The van der Waals surface area contributed by atoms with E-state index in [2.05, 4.69) is 31.2 Å². The van der Waals surface area contributed by atoms with Crippen molar-refractivity contribution >= 4 is 32.7 Å². The summed E-state index contributed by atoms with van der Waals surface area (Å²) in [4.78, 5) is 20.2. The Morgan fingerprint density at radius 2 is 1.96 bits per heavy atom. The van der Waals surface area contributed by atoms with Crippen molar-refractivity contribution in [1.29, 1.82) is 0 Å². The molecule has 7 heteroatoms. The van der Waals surface area contributed by atoms with Crippen molar-refractivity contribution in [3.8, 4) is 5.88 Å². The van der Waals surface area contributed by atoms with Gasteiger partial charge in [-0.2, -0.15) is 0 Å². The van der Waals surface area contributed by atoms with Gasteiger partial charge in [-0.05, 0) is 42.3 Å². The van der Waals surface area contributed by atoms with Crippen LogP contribution < -0.4 is 10.1 Å². The normalized spacial score (nSPS) is 10.6. The van der Waals surface area contributed by atoms with Crippen LogP contribution in [0, 0.1) is 5.82 Å². The minimum Gasteiger partial charge on any atom is -0.467 e. The number of hydrogen-bond acceptors (Lipinski definition) is 4. The first-order valence-electron chi connectivity index (χ1n) is 7.66. The van der Waals surface area contributed by atoms with Gasteiger partial charge in [0.1, 0.15) is 12.1 Å². The molecule has 0 spiro atoms. The number of carbonyl (C=O) groups excluding carboxylic acids is 1. The summed E-state index contributed by atoms with van der Waals surface area (Å²) in [7, 11) is 0. The van der Waals surface area contributed by atoms with Gasteiger partial charge in [-0.15, -0.1) is 0 Å². The first-order chi connectivity index (χ1) is 12.1. The summed E-state index contributed by atoms with van der Waals surface area (Å²) in [5.74, 6) is -0.159. The number of halogens is 2. The monoisotopic (exact) mass is 403 g/mol. The number of nitrogens with one attached hydrogen (secondary N) is 1. The number of amides is 1. The summed E-state index contributed by atoms with van der Waals surface area (Å²) in [6.07, 6.45) is 2.02. The molecule has 128 valence electrons. The summed E-state index contributed by atoms with van der Waals surface area (Å²) >= 11 is 3.39. The number of ether oxygens (including phenoxy) is 1. The molecule has 1 N–H and O–H groups in total. The van der Waals surface area contributed by atoms with Crippen molar-refractivity contribution in [3.05, 3.63) is 64.6 Å². The maximum absolute atomic E-state index is 12.8. The van der Waals surface area contributed by atoms with E-state index in [1.54, 1.807) is 12.1 Å². The van der Waals surface area contributed by atoms with Gasteiger partial charge < -0.3 is 10.1 Å². The molecule has 3 rings (SSSR count). The SMILES string of the molecule is O=C(COc1ncnc2ccc(Br)cc12)NCCc1ccc(F)cc1. The Morgan fingerprint density at radius 3 is 2.76 bits per heavy atom. The van der Waals surface area contributed by atoms with E-state index < -0.39 is 0 Å². The van der Waals surface area contributed by atoms with E-state index in [4.69, 9.17) is 4.74 Å². The zero-order chi connectivity index (χ0) is 17.6. The number of hydrogen-bond donors (Lipinski definition) is 1. The molecular formula is C18H15BrFN3O2. The lowest BCUT2D eigenvalue weighted by Crippen LogP contribution is -2.30. The van der Waals surface area contributed by atoms with E-state index in [1.807, 2.05) is 18.2 Å². The van der Waals surface area contributed by atoms with Gasteiger partial charge in [-0.3, -0.25) is 4.79 Å². The zero-order valence-corrected chi connectivity index (χ0v) is 14.8. The van der Waals surface area contributed by atoms with Gasteiger partial charge in [0.05, 0.1) is 10.9 Å². The topological polar surface area (TPSA) is 64.1 Å². The van der Waals surface area contributed by atoms with Crippen molar-refractivity contribution in [1.82, 2.24) is 15.3 Å². The molecule has 1 amide bonds. The van der Waals surface area contributed by atoms with Crippen molar-refractivity contribution in [2.45, 2.75) is 6.42 Å². The molecule has 25 heavy (non-hydrogen) atoms. The predicted octanol–water partition coefficient (Wildman–Crippen LogP) is 3.27. The fourth-order valence-corrected chi connectivity index (χ4v) is 2.66. The highest BCUT2D eigenvalue weighted by Crippen LogP contribution is 2.24. The smallest absolute Gasteiger partial charge is 0.258 e. The van der Waals surface area contributed by atoms with Crippen LogP contribution in [0.15, 0.2) is 53.3 Å². The molecular weight excluding hydrogens is 389 g/mol. The van der Waals surface area contributed by atoms with Crippen LogP contribution in [-0.2, 0) is 11.2 Å². The third kappa shape index (κ3) is 4.73. The Hall–Kier alpha value is -2.54. The molecule has 2 aromatic carbocycles. The van der Waals surface area contributed by atoms with Gasteiger partial charge in [0.15, 0.2) is 6.61 Å². The molecule has 0 atom stereocenters. The Labute approximate surface area is 152 Å². The van der Waals surface area contributed by atoms with Crippen LogP contribution in [-0.4, -0.2) is 29.0 Å². The lowest BCUT2D eigenvalue weighted by atomic mass is 10.1. The minimum atomic E-state index is -0.273. The molecule has 5 nitrogen and oxygen atoms in total. The second-order valence-electron chi connectivity index (χ2n) is 5.36. The molecule has 0 aliphatic rings. The molecule has 0 fully saturated rings. The van der Waals surface area contributed by atoms with Crippen LogP contribution >= 0.6 is 15.9 Å². The molecule has 0 aliphatic carbocycles. The zero-order valence-electron chi connectivity index (χ0n) is 13.2. The van der Waals surface area contributed by atoms with Crippen LogP contribution in [0.3, 0.4) is 0 Å². The standard InChI is InChI=1S/C18H15BrFN3O2/c19-13-3-6-16-15(9-13)18(23-11-22-16)25-10-17(24)21-8-7-12-1-4-14(20)5-2-12/h1-6,9,11H,7-8,10H2,(H,21,24). The molecule has 0 saturated heterocycles. The number of aromatic nitrogens is 2. The summed E-state index contributed by atoms with van der Waals surface area (Å²) in [6, 6.07) is 11.8. The number of carbonyl (C=O) groups is 1. The average molecular weight is 404 g/mol. The Bertz CT molecular complexity index is 887. The number of nitrogens with zero attached hydrogens (tertiary/aromatic N) is 2. The summed E-state index contributed by atoms with van der Waals surface area (Å²) in [6.45, 7) is 0.311. The fraction of sp³-hybridized carbons (Fsp3) is 0.167. The first kappa shape index (κ1) is 17.3. The van der Waals surface area contributed by atoms with Crippen LogP contribution in [0.1, 0.15) is 5.56 Å². The lowest BCUT2D eigenvalue weighted by Gasteiger charge is -2.09. The Balaban J connectivity index is 1.52. The van der Waals surface area contributed by atoms with E-state index in [0.29, 0.717) is 18.8 Å². The van der Waals surface area contributed by atoms with Crippen LogP contribution in [0.4, 0.5) is 4.39 Å². The summed E-state index contributed by atoms with van der Waals surface area (Å²) in [5, 5.41) is 3.50. The molecule has 0 saturated carbocycles. The molecule has 1 heterocycles. The summed E-state index contributed by atoms with van der Waals surface area (Å²) < 4.78 is 19.2. The Morgan fingerprint density at radius 1 is 1.16 bits per heavy atom. The van der Waals surface area contributed by atoms with Gasteiger partial charge in [0.2, 0.25) is 5.88 Å². The van der Waals surface area contributed by atoms with E-state index in [1.165, 1.54) is 18.5 Å². The molecule has 0 bridgehead atoms. The third-order valence-electron chi connectivity index (χ3n) is 3.55.